The van der Waals surface area contributed by atoms with E-state index >= 15 is 0 Å². The van der Waals surface area contributed by atoms with Crippen molar-refractivity contribution in [2.45, 2.75) is 32.5 Å². The first kappa shape index (κ1) is 14.6. The Balaban J connectivity index is 4.08. The summed E-state index contributed by atoms with van der Waals surface area (Å²) in [6, 6.07) is 0. The van der Waals surface area contributed by atoms with Gasteiger partial charge in [-0.1, -0.05) is 0 Å². The Morgan fingerprint density at radius 3 is 2.33 bits per heavy atom. The van der Waals surface area contributed by atoms with Gasteiger partial charge in [0.25, 0.3) is 0 Å². The van der Waals surface area contributed by atoms with Crippen molar-refractivity contribution in [1.29, 1.82) is 0 Å². The zero-order valence-electron chi connectivity index (χ0n) is 8.88. The van der Waals surface area contributed by atoms with Crippen LogP contribution in [0.3, 0.4) is 0 Å². The topological polar surface area (TPSA) is 93.1 Å². The maximum atomic E-state index is 10.9. The largest absolute Gasteiger partial charge is 0.466 e. The predicted molar refractivity (Wildman–Crippen MR) is 53.3 cm³/mol. The van der Waals surface area contributed by atoms with E-state index in [1.807, 2.05) is 0 Å². The van der Waals surface area contributed by atoms with E-state index in [0.29, 0.717) is 0 Å². The molecular formula is C8H17O6P. The molecule has 0 aromatic rings. The molecule has 15 heavy (non-hydrogen) atoms. The standard InChI is InChI=1S/C8H17O6P/c1-3-13-7(9)5-6-8(14-4-2)15(10,11)12/h8H,3-6H2,1-2H3,(H2,10,11,12). The first-order valence-electron chi connectivity index (χ1n) is 4.74. The Labute approximate surface area is 88.7 Å². The van der Waals surface area contributed by atoms with Gasteiger partial charge in [0.2, 0.25) is 0 Å². The zero-order valence-corrected chi connectivity index (χ0v) is 9.77. The van der Waals surface area contributed by atoms with Crippen molar-refractivity contribution in [3.63, 3.8) is 0 Å². The van der Waals surface area contributed by atoms with Gasteiger partial charge in [-0.15, -0.1) is 0 Å². The summed E-state index contributed by atoms with van der Waals surface area (Å²) in [4.78, 5) is 28.7. The quantitative estimate of drug-likeness (QED) is 0.506. The molecule has 0 radical (unpaired) electrons. The number of carbonyl (C=O) groups is 1. The van der Waals surface area contributed by atoms with Crippen LogP contribution in [0.4, 0.5) is 0 Å². The van der Waals surface area contributed by atoms with Gasteiger partial charge in [-0.2, -0.15) is 0 Å². The fraction of sp³-hybridized carbons (Fsp3) is 0.875. The summed E-state index contributed by atoms with van der Waals surface area (Å²) in [5.74, 6) is -1.69. The lowest BCUT2D eigenvalue weighted by Gasteiger charge is -2.17. The van der Waals surface area contributed by atoms with Gasteiger partial charge in [-0.3, -0.25) is 9.36 Å². The van der Waals surface area contributed by atoms with Crippen LogP contribution in [-0.4, -0.2) is 34.8 Å². The SMILES string of the molecule is CCOC(=O)CCC(OCC)P(=O)(O)O. The van der Waals surface area contributed by atoms with E-state index in [1.165, 1.54) is 0 Å². The van der Waals surface area contributed by atoms with Crippen molar-refractivity contribution in [2.75, 3.05) is 13.2 Å². The molecule has 1 atom stereocenters. The first-order chi connectivity index (χ1) is 6.91. The third-order valence-electron chi connectivity index (χ3n) is 1.63. The van der Waals surface area contributed by atoms with Gasteiger partial charge in [-0.25, -0.2) is 0 Å². The van der Waals surface area contributed by atoms with Crippen LogP contribution in [0, 0.1) is 0 Å². The minimum atomic E-state index is -4.30. The predicted octanol–water partition coefficient (Wildman–Crippen LogP) is 0.870. The highest BCUT2D eigenvalue weighted by Crippen LogP contribution is 2.43. The monoisotopic (exact) mass is 240 g/mol. The molecule has 0 spiro atoms. The molecule has 0 heterocycles. The van der Waals surface area contributed by atoms with E-state index in [0.717, 1.165) is 0 Å². The molecular weight excluding hydrogens is 223 g/mol. The molecule has 0 aliphatic carbocycles. The maximum Gasteiger partial charge on any atom is 0.354 e. The normalized spacial score (nSPS) is 13.6. The fourth-order valence-corrected chi connectivity index (χ4v) is 1.82. The molecule has 0 rings (SSSR count). The average Bonchev–Trinajstić information content (AvgIpc) is 2.10. The summed E-state index contributed by atoms with van der Waals surface area (Å²) in [6.07, 6.45) is -0.0828. The Morgan fingerprint density at radius 2 is 1.93 bits per heavy atom. The molecule has 0 aliphatic rings. The molecule has 0 bridgehead atoms. The Bertz CT molecular complexity index is 235. The molecule has 2 N–H and O–H groups in total. The van der Waals surface area contributed by atoms with Crippen molar-refractivity contribution in [2.24, 2.45) is 0 Å². The van der Waals surface area contributed by atoms with E-state index in [4.69, 9.17) is 14.5 Å². The fourth-order valence-electron chi connectivity index (χ4n) is 1.02. The van der Waals surface area contributed by atoms with Crippen LogP contribution in [0.25, 0.3) is 0 Å². The summed E-state index contributed by atoms with van der Waals surface area (Å²) in [6.45, 7) is 3.75. The van der Waals surface area contributed by atoms with Gasteiger partial charge in [0.1, 0.15) is 0 Å². The van der Waals surface area contributed by atoms with Gasteiger partial charge in [-0.05, 0) is 20.3 Å². The van der Waals surface area contributed by atoms with Crippen LogP contribution in [0.15, 0.2) is 0 Å². The van der Waals surface area contributed by atoms with Crippen LogP contribution in [0.1, 0.15) is 26.7 Å². The van der Waals surface area contributed by atoms with Crippen molar-refractivity contribution >= 4 is 13.6 Å². The molecule has 90 valence electrons. The van der Waals surface area contributed by atoms with Crippen molar-refractivity contribution in [3.05, 3.63) is 0 Å². The molecule has 0 aromatic carbocycles. The summed E-state index contributed by atoms with van der Waals surface area (Å²) in [7, 11) is -4.30. The van der Waals surface area contributed by atoms with Crippen LogP contribution >= 0.6 is 7.60 Å². The van der Waals surface area contributed by atoms with E-state index in [1.54, 1.807) is 13.8 Å². The molecule has 6 nitrogen and oxygen atoms in total. The maximum absolute atomic E-state index is 10.9. The minimum Gasteiger partial charge on any atom is -0.466 e. The van der Waals surface area contributed by atoms with Gasteiger partial charge in [0.05, 0.1) is 6.61 Å². The highest BCUT2D eigenvalue weighted by molar-refractivity contribution is 7.52. The Kier molecular flexibility index (Phi) is 6.76. The third kappa shape index (κ3) is 6.62. The highest BCUT2D eigenvalue weighted by Gasteiger charge is 2.29. The smallest absolute Gasteiger partial charge is 0.354 e. The molecule has 7 heteroatoms. The van der Waals surface area contributed by atoms with Crippen LogP contribution in [0.5, 0.6) is 0 Å². The number of ether oxygens (including phenoxy) is 2. The summed E-state index contributed by atoms with van der Waals surface area (Å²) >= 11 is 0. The Hall–Kier alpha value is -0.420. The van der Waals surface area contributed by atoms with Crippen molar-refractivity contribution in [3.8, 4) is 0 Å². The van der Waals surface area contributed by atoms with E-state index in [-0.39, 0.29) is 26.1 Å². The summed E-state index contributed by atoms with van der Waals surface area (Å²) in [5, 5.41) is 0. The van der Waals surface area contributed by atoms with Crippen LogP contribution in [0.2, 0.25) is 0 Å². The number of hydrogen-bond donors (Lipinski definition) is 2. The number of esters is 1. The zero-order chi connectivity index (χ0) is 11.9. The van der Waals surface area contributed by atoms with E-state index in [9.17, 15) is 9.36 Å². The van der Waals surface area contributed by atoms with Crippen LogP contribution in [-0.2, 0) is 18.8 Å². The lowest BCUT2D eigenvalue weighted by molar-refractivity contribution is -0.143. The number of carbonyl (C=O) groups excluding carboxylic acids is 1. The van der Waals surface area contributed by atoms with Crippen molar-refractivity contribution < 1.29 is 28.6 Å². The van der Waals surface area contributed by atoms with Crippen molar-refractivity contribution in [1.82, 2.24) is 0 Å². The molecule has 0 saturated carbocycles. The molecule has 0 saturated heterocycles. The molecule has 0 aliphatic heterocycles. The second kappa shape index (κ2) is 6.95. The second-order valence-electron chi connectivity index (χ2n) is 2.84. The van der Waals surface area contributed by atoms with Gasteiger partial charge in [0.15, 0.2) is 5.85 Å². The lowest BCUT2D eigenvalue weighted by Crippen LogP contribution is -2.16. The van der Waals surface area contributed by atoms with E-state index in [2.05, 4.69) is 4.74 Å². The third-order valence-corrected chi connectivity index (χ3v) is 2.79. The second-order valence-corrected chi connectivity index (χ2v) is 4.60. The molecule has 0 aromatic heterocycles. The highest BCUT2D eigenvalue weighted by atomic mass is 31.2. The Morgan fingerprint density at radius 1 is 1.33 bits per heavy atom. The molecule has 1 unspecified atom stereocenters. The molecule has 0 fully saturated rings. The van der Waals surface area contributed by atoms with Gasteiger partial charge >= 0.3 is 13.6 Å². The summed E-state index contributed by atoms with van der Waals surface area (Å²) in [5.41, 5.74) is 0. The lowest BCUT2D eigenvalue weighted by atomic mass is 10.3. The summed E-state index contributed by atoms with van der Waals surface area (Å²) < 4.78 is 20.4. The van der Waals surface area contributed by atoms with E-state index < -0.39 is 19.4 Å². The average molecular weight is 240 g/mol. The first-order valence-corrected chi connectivity index (χ1v) is 6.42. The van der Waals surface area contributed by atoms with Gasteiger partial charge in [0, 0.05) is 13.0 Å². The number of hydrogen-bond acceptors (Lipinski definition) is 4. The van der Waals surface area contributed by atoms with Gasteiger partial charge < -0.3 is 19.3 Å². The van der Waals surface area contributed by atoms with Crippen LogP contribution < -0.4 is 0 Å². The number of rotatable bonds is 7. The molecule has 0 amide bonds. The minimum absolute atomic E-state index is 0.0308.